The summed E-state index contributed by atoms with van der Waals surface area (Å²) in [6, 6.07) is 0. The molecule has 1 unspecified atom stereocenters. The third-order valence-corrected chi connectivity index (χ3v) is 5.75. The van der Waals surface area contributed by atoms with Crippen LogP contribution in [-0.4, -0.2) is 62.2 Å². The topological polar surface area (TPSA) is 66.0 Å². The van der Waals surface area contributed by atoms with Crippen molar-refractivity contribution in [2.45, 2.75) is 64.4 Å². The van der Waals surface area contributed by atoms with Gasteiger partial charge in [0.05, 0.1) is 19.3 Å². The van der Waals surface area contributed by atoms with E-state index in [9.17, 15) is 4.79 Å². The number of carbonyl (C=O) groups is 1. The van der Waals surface area contributed by atoms with Gasteiger partial charge in [-0.1, -0.05) is 19.3 Å². The second-order valence-corrected chi connectivity index (χ2v) is 7.85. The Hall–Kier alpha value is -1.30. The Morgan fingerprint density at radius 1 is 1.36 bits per heavy atom. The lowest BCUT2D eigenvalue weighted by molar-refractivity contribution is -0.119. The molecule has 1 atom stereocenters. The van der Waals surface area contributed by atoms with E-state index in [-0.39, 0.29) is 11.3 Å². The first-order valence-corrected chi connectivity index (χ1v) is 10.1. The van der Waals surface area contributed by atoms with Crippen molar-refractivity contribution in [3.8, 4) is 0 Å². The Bertz CT molecular complexity index is 476. The molecular formula is C19H34N4O2. The molecule has 3 aliphatic rings. The summed E-state index contributed by atoms with van der Waals surface area (Å²) < 4.78 is 6.00. The number of carbonyl (C=O) groups excluding carboxylic acids is 1. The number of nitrogens with zero attached hydrogens (tertiary/aromatic N) is 2. The molecule has 3 fully saturated rings. The van der Waals surface area contributed by atoms with Crippen molar-refractivity contribution in [2.75, 3.05) is 39.3 Å². The minimum atomic E-state index is 0.101. The molecule has 2 saturated heterocycles. The van der Waals surface area contributed by atoms with Crippen LogP contribution >= 0.6 is 0 Å². The molecule has 0 aromatic carbocycles. The van der Waals surface area contributed by atoms with Gasteiger partial charge in [0, 0.05) is 38.0 Å². The summed E-state index contributed by atoms with van der Waals surface area (Å²) >= 11 is 0. The number of rotatable bonds is 5. The third kappa shape index (κ3) is 5.09. The highest BCUT2D eigenvalue weighted by molar-refractivity contribution is 5.81. The molecule has 0 aromatic heterocycles. The molecule has 1 amide bonds. The third-order valence-electron chi connectivity index (χ3n) is 5.75. The van der Waals surface area contributed by atoms with E-state index in [1.165, 1.54) is 32.1 Å². The van der Waals surface area contributed by atoms with Crippen molar-refractivity contribution in [3.63, 3.8) is 0 Å². The number of ether oxygens (including phenoxy) is 1. The average molecular weight is 351 g/mol. The van der Waals surface area contributed by atoms with Crippen molar-refractivity contribution in [3.05, 3.63) is 0 Å². The smallest absolute Gasteiger partial charge is 0.220 e. The van der Waals surface area contributed by atoms with Crippen LogP contribution in [0.25, 0.3) is 0 Å². The van der Waals surface area contributed by atoms with Gasteiger partial charge in [0.25, 0.3) is 0 Å². The molecule has 2 aliphatic heterocycles. The fraction of sp³-hybridized carbons (Fsp3) is 0.895. The van der Waals surface area contributed by atoms with Gasteiger partial charge in [0.15, 0.2) is 5.96 Å². The minimum absolute atomic E-state index is 0.101. The molecule has 3 rings (SSSR count). The Labute approximate surface area is 151 Å². The van der Waals surface area contributed by atoms with Crippen LogP contribution < -0.4 is 10.6 Å². The van der Waals surface area contributed by atoms with Crippen LogP contribution in [-0.2, 0) is 9.53 Å². The van der Waals surface area contributed by atoms with Crippen LogP contribution in [0.1, 0.15) is 58.3 Å². The van der Waals surface area contributed by atoms with Gasteiger partial charge in [-0.2, -0.15) is 0 Å². The van der Waals surface area contributed by atoms with Gasteiger partial charge in [-0.15, -0.1) is 0 Å². The van der Waals surface area contributed by atoms with Crippen molar-refractivity contribution in [1.82, 2.24) is 15.5 Å². The maximum Gasteiger partial charge on any atom is 0.220 e. The predicted octanol–water partition coefficient (Wildman–Crippen LogP) is 1.90. The SMILES string of the molecule is CCNC(=NCCOC1CCCCC1)N1CCCC2(CNC(=O)C2)C1. The molecule has 0 bridgehead atoms. The Kier molecular flexibility index (Phi) is 6.57. The van der Waals surface area contributed by atoms with Gasteiger partial charge in [-0.05, 0) is 32.6 Å². The zero-order valence-electron chi connectivity index (χ0n) is 15.7. The van der Waals surface area contributed by atoms with E-state index in [0.29, 0.717) is 25.7 Å². The van der Waals surface area contributed by atoms with Gasteiger partial charge in [0.1, 0.15) is 0 Å². The molecule has 25 heavy (non-hydrogen) atoms. The first kappa shape index (κ1) is 18.5. The highest BCUT2D eigenvalue weighted by Gasteiger charge is 2.42. The van der Waals surface area contributed by atoms with Crippen molar-refractivity contribution < 1.29 is 9.53 Å². The van der Waals surface area contributed by atoms with E-state index >= 15 is 0 Å². The van der Waals surface area contributed by atoms with Crippen molar-refractivity contribution in [1.29, 1.82) is 0 Å². The lowest BCUT2D eigenvalue weighted by Gasteiger charge is -2.40. The van der Waals surface area contributed by atoms with E-state index in [0.717, 1.165) is 45.0 Å². The lowest BCUT2D eigenvalue weighted by atomic mass is 9.79. The number of hydrogen-bond donors (Lipinski definition) is 2. The van der Waals surface area contributed by atoms with Gasteiger partial charge in [-0.25, -0.2) is 0 Å². The van der Waals surface area contributed by atoms with E-state index in [4.69, 9.17) is 9.73 Å². The van der Waals surface area contributed by atoms with Crippen LogP contribution in [0.4, 0.5) is 0 Å². The summed E-state index contributed by atoms with van der Waals surface area (Å²) in [4.78, 5) is 18.8. The first-order valence-electron chi connectivity index (χ1n) is 10.1. The summed E-state index contributed by atoms with van der Waals surface area (Å²) in [5.74, 6) is 1.18. The fourth-order valence-corrected chi connectivity index (χ4v) is 4.46. The van der Waals surface area contributed by atoms with Crippen LogP contribution in [0, 0.1) is 5.41 Å². The molecule has 2 N–H and O–H groups in total. The van der Waals surface area contributed by atoms with Crippen LogP contribution in [0.3, 0.4) is 0 Å². The molecule has 2 heterocycles. The molecular weight excluding hydrogens is 316 g/mol. The number of nitrogens with one attached hydrogen (secondary N) is 2. The zero-order chi connectivity index (χ0) is 17.5. The maximum atomic E-state index is 11.7. The monoisotopic (exact) mass is 350 g/mol. The molecule has 6 nitrogen and oxygen atoms in total. The quantitative estimate of drug-likeness (QED) is 0.452. The van der Waals surface area contributed by atoms with Crippen LogP contribution in [0.2, 0.25) is 0 Å². The van der Waals surface area contributed by atoms with E-state index in [2.05, 4.69) is 22.5 Å². The summed E-state index contributed by atoms with van der Waals surface area (Å²) in [7, 11) is 0. The maximum absolute atomic E-state index is 11.7. The highest BCUT2D eigenvalue weighted by Crippen LogP contribution is 2.36. The number of guanidine groups is 1. The molecule has 142 valence electrons. The number of amides is 1. The molecule has 0 aromatic rings. The molecule has 1 aliphatic carbocycles. The second kappa shape index (κ2) is 8.88. The molecule has 6 heteroatoms. The average Bonchev–Trinajstić information content (AvgIpc) is 2.98. The van der Waals surface area contributed by atoms with Crippen molar-refractivity contribution in [2.24, 2.45) is 10.4 Å². The van der Waals surface area contributed by atoms with E-state index in [1.54, 1.807) is 0 Å². The number of piperidine rings is 1. The zero-order valence-corrected chi connectivity index (χ0v) is 15.7. The van der Waals surface area contributed by atoms with Gasteiger partial charge in [0.2, 0.25) is 5.91 Å². The summed E-state index contributed by atoms with van der Waals surface area (Å²) in [6.45, 7) is 7.13. The van der Waals surface area contributed by atoms with Gasteiger partial charge >= 0.3 is 0 Å². The number of hydrogen-bond acceptors (Lipinski definition) is 3. The molecule has 1 saturated carbocycles. The van der Waals surface area contributed by atoms with Crippen molar-refractivity contribution >= 4 is 11.9 Å². The second-order valence-electron chi connectivity index (χ2n) is 7.85. The number of aliphatic imine (C=N–C) groups is 1. The van der Waals surface area contributed by atoms with Gasteiger partial charge < -0.3 is 20.3 Å². The largest absolute Gasteiger partial charge is 0.376 e. The van der Waals surface area contributed by atoms with Gasteiger partial charge in [-0.3, -0.25) is 9.79 Å². The molecule has 1 spiro atoms. The Morgan fingerprint density at radius 2 is 2.20 bits per heavy atom. The normalized spacial score (nSPS) is 28.4. The summed E-state index contributed by atoms with van der Waals surface area (Å²) in [5, 5.41) is 6.44. The highest BCUT2D eigenvalue weighted by atomic mass is 16.5. The van der Waals surface area contributed by atoms with E-state index < -0.39 is 0 Å². The molecule has 0 radical (unpaired) electrons. The summed E-state index contributed by atoms with van der Waals surface area (Å²) in [6.07, 6.45) is 9.74. The van der Waals surface area contributed by atoms with Crippen LogP contribution in [0.15, 0.2) is 4.99 Å². The van der Waals surface area contributed by atoms with E-state index in [1.807, 2.05) is 0 Å². The number of likely N-dealkylation sites (tertiary alicyclic amines) is 1. The van der Waals surface area contributed by atoms with Crippen LogP contribution in [0.5, 0.6) is 0 Å². The Balaban J connectivity index is 1.51. The summed E-state index contributed by atoms with van der Waals surface area (Å²) in [5.41, 5.74) is 0.101. The lowest BCUT2D eigenvalue weighted by Crippen LogP contribution is -2.51. The fourth-order valence-electron chi connectivity index (χ4n) is 4.46. The Morgan fingerprint density at radius 3 is 2.92 bits per heavy atom. The minimum Gasteiger partial charge on any atom is -0.376 e. The standard InChI is InChI=1S/C19H34N4O2/c1-2-20-18(21-10-12-25-16-7-4-3-5-8-16)23-11-6-9-19(15-23)13-17(24)22-14-19/h16H,2-15H2,1H3,(H,20,21)(H,22,24). The predicted molar refractivity (Wildman–Crippen MR) is 99.7 cm³/mol. The first-order chi connectivity index (χ1) is 12.2.